The van der Waals surface area contributed by atoms with Crippen LogP contribution in [-0.4, -0.2) is 28.6 Å². The summed E-state index contributed by atoms with van der Waals surface area (Å²) >= 11 is 7.47. The molecule has 0 radical (unpaired) electrons. The van der Waals surface area contributed by atoms with Crippen LogP contribution < -0.4 is 0 Å². The van der Waals surface area contributed by atoms with E-state index in [9.17, 15) is 5.11 Å². The Kier molecular flexibility index (Phi) is 4.70. The number of nitrogens with zero attached hydrogens (tertiary/aromatic N) is 1. The number of piperidine rings is 1. The van der Waals surface area contributed by atoms with Crippen molar-refractivity contribution in [2.75, 3.05) is 13.1 Å². The third-order valence-electron chi connectivity index (χ3n) is 4.25. The molecule has 0 amide bonds. The van der Waals surface area contributed by atoms with Crippen LogP contribution in [-0.2, 0) is 0 Å². The van der Waals surface area contributed by atoms with Gasteiger partial charge in [0.25, 0.3) is 0 Å². The number of rotatable bonds is 4. The second-order valence-corrected chi connectivity index (χ2v) is 7.05. The Hall–Kier alpha value is -0.0900. The van der Waals surface area contributed by atoms with Crippen molar-refractivity contribution in [3.63, 3.8) is 0 Å². The summed E-state index contributed by atoms with van der Waals surface area (Å²) in [6.45, 7) is 6.53. The Labute approximate surface area is 119 Å². The molecule has 102 valence electrons. The van der Waals surface area contributed by atoms with E-state index in [1.165, 1.54) is 30.6 Å². The monoisotopic (exact) mass is 287 g/mol. The van der Waals surface area contributed by atoms with Crippen LogP contribution in [0.1, 0.15) is 50.5 Å². The zero-order valence-corrected chi connectivity index (χ0v) is 12.7. The van der Waals surface area contributed by atoms with Crippen molar-refractivity contribution in [2.24, 2.45) is 0 Å². The summed E-state index contributed by atoms with van der Waals surface area (Å²) in [5.74, 6) is 0. The molecule has 0 saturated carbocycles. The van der Waals surface area contributed by atoms with Gasteiger partial charge in [0.1, 0.15) is 6.10 Å². The second kappa shape index (κ2) is 5.91. The quantitative estimate of drug-likeness (QED) is 0.902. The van der Waals surface area contributed by atoms with Gasteiger partial charge in [0, 0.05) is 10.4 Å². The maximum atomic E-state index is 10.7. The predicted molar refractivity (Wildman–Crippen MR) is 78.4 cm³/mol. The lowest BCUT2D eigenvalue weighted by Gasteiger charge is -2.45. The largest absolute Gasteiger partial charge is 0.386 e. The van der Waals surface area contributed by atoms with Crippen molar-refractivity contribution >= 4 is 22.9 Å². The fourth-order valence-corrected chi connectivity index (χ4v) is 3.97. The smallest absolute Gasteiger partial charge is 0.106 e. The number of hydrogen-bond donors (Lipinski definition) is 1. The summed E-state index contributed by atoms with van der Waals surface area (Å²) in [5.41, 5.74) is -0.172. The molecule has 1 fully saturated rings. The van der Waals surface area contributed by atoms with Crippen molar-refractivity contribution in [3.8, 4) is 0 Å². The topological polar surface area (TPSA) is 23.5 Å². The highest BCUT2D eigenvalue weighted by atomic mass is 35.5. The molecule has 18 heavy (non-hydrogen) atoms. The minimum absolute atomic E-state index is 0.172. The molecule has 0 aliphatic carbocycles. The van der Waals surface area contributed by atoms with Crippen LogP contribution in [0.3, 0.4) is 0 Å². The van der Waals surface area contributed by atoms with Gasteiger partial charge in [-0.15, -0.1) is 11.3 Å². The minimum atomic E-state index is -0.446. The molecule has 1 aromatic heterocycles. The van der Waals surface area contributed by atoms with Gasteiger partial charge in [-0.3, -0.25) is 4.90 Å². The van der Waals surface area contributed by atoms with Crippen molar-refractivity contribution in [3.05, 3.63) is 21.3 Å². The summed E-state index contributed by atoms with van der Waals surface area (Å²) < 4.78 is 0.751. The molecular weight excluding hydrogens is 266 g/mol. The first-order valence-electron chi connectivity index (χ1n) is 6.76. The average Bonchev–Trinajstić information content (AvgIpc) is 2.84. The molecule has 1 aliphatic rings. The highest BCUT2D eigenvalue weighted by molar-refractivity contribution is 7.16. The first-order valence-corrected chi connectivity index (χ1v) is 7.95. The van der Waals surface area contributed by atoms with E-state index >= 15 is 0 Å². The molecule has 0 aromatic carbocycles. The van der Waals surface area contributed by atoms with Gasteiger partial charge < -0.3 is 5.11 Å². The summed E-state index contributed by atoms with van der Waals surface area (Å²) in [7, 11) is 0. The Balaban J connectivity index is 2.19. The van der Waals surface area contributed by atoms with Crippen LogP contribution in [0.15, 0.2) is 12.1 Å². The van der Waals surface area contributed by atoms with Gasteiger partial charge in [0.15, 0.2) is 0 Å². The van der Waals surface area contributed by atoms with Gasteiger partial charge in [-0.05, 0) is 51.4 Å². The van der Waals surface area contributed by atoms with Gasteiger partial charge >= 0.3 is 0 Å². The summed E-state index contributed by atoms with van der Waals surface area (Å²) in [6.07, 6.45) is 4.31. The zero-order chi connectivity index (χ0) is 13.2. The maximum Gasteiger partial charge on any atom is 0.106 e. The Bertz CT molecular complexity index is 389. The molecule has 2 atom stereocenters. The van der Waals surface area contributed by atoms with Crippen LogP contribution in [0.25, 0.3) is 0 Å². The fraction of sp³-hybridized carbons (Fsp3) is 0.714. The van der Waals surface area contributed by atoms with Crippen LogP contribution in [0.4, 0.5) is 0 Å². The Morgan fingerprint density at radius 3 is 2.56 bits per heavy atom. The Morgan fingerprint density at radius 2 is 2.06 bits per heavy atom. The van der Waals surface area contributed by atoms with Crippen LogP contribution in [0.2, 0.25) is 4.34 Å². The van der Waals surface area contributed by atoms with E-state index in [1.807, 2.05) is 12.1 Å². The van der Waals surface area contributed by atoms with Gasteiger partial charge in [-0.2, -0.15) is 0 Å². The van der Waals surface area contributed by atoms with E-state index in [4.69, 9.17) is 11.6 Å². The van der Waals surface area contributed by atoms with Crippen molar-refractivity contribution in [2.45, 2.75) is 51.2 Å². The summed E-state index contributed by atoms with van der Waals surface area (Å²) in [4.78, 5) is 3.43. The molecule has 0 spiro atoms. The first-order chi connectivity index (χ1) is 8.58. The molecule has 2 nitrogen and oxygen atoms in total. The second-order valence-electron chi connectivity index (χ2n) is 5.30. The number of thiophene rings is 1. The molecule has 2 unspecified atom stereocenters. The number of halogens is 1. The molecule has 2 rings (SSSR count). The fourth-order valence-electron chi connectivity index (χ4n) is 2.78. The van der Waals surface area contributed by atoms with Crippen molar-refractivity contribution in [1.29, 1.82) is 0 Å². The molecule has 0 bridgehead atoms. The molecule has 1 aromatic rings. The van der Waals surface area contributed by atoms with Gasteiger partial charge in [0.2, 0.25) is 0 Å². The van der Waals surface area contributed by atoms with E-state index in [0.717, 1.165) is 28.7 Å². The standard InChI is InChI=1S/C14H22ClNOS/c1-3-14(2,16-9-5-4-6-10-16)13(17)11-7-8-12(15)18-11/h7-8,13,17H,3-6,9-10H2,1-2H3. The number of aliphatic hydroxyl groups is 1. The van der Waals surface area contributed by atoms with E-state index < -0.39 is 6.10 Å². The number of likely N-dealkylation sites (tertiary alicyclic amines) is 1. The SMILES string of the molecule is CCC(C)(C(O)c1ccc(Cl)s1)N1CCCCC1. The minimum Gasteiger partial charge on any atom is -0.386 e. The lowest BCUT2D eigenvalue weighted by atomic mass is 9.86. The summed E-state index contributed by atoms with van der Waals surface area (Å²) in [5, 5.41) is 10.7. The third-order valence-corrected chi connectivity index (χ3v) is 5.53. The summed E-state index contributed by atoms with van der Waals surface area (Å²) in [6, 6.07) is 3.83. The number of aliphatic hydroxyl groups excluding tert-OH is 1. The van der Waals surface area contributed by atoms with E-state index in [-0.39, 0.29) is 5.54 Å². The normalized spacial score (nSPS) is 22.7. The first kappa shape index (κ1) is 14.3. The average molecular weight is 288 g/mol. The van der Waals surface area contributed by atoms with E-state index in [0.29, 0.717) is 0 Å². The van der Waals surface area contributed by atoms with E-state index in [1.54, 1.807) is 0 Å². The van der Waals surface area contributed by atoms with Crippen molar-refractivity contribution < 1.29 is 5.11 Å². The van der Waals surface area contributed by atoms with Crippen LogP contribution >= 0.6 is 22.9 Å². The third kappa shape index (κ3) is 2.74. The molecule has 1 N–H and O–H groups in total. The molecule has 2 heterocycles. The number of hydrogen-bond acceptors (Lipinski definition) is 3. The molecule has 1 saturated heterocycles. The van der Waals surface area contributed by atoms with Gasteiger partial charge in [-0.1, -0.05) is 24.9 Å². The molecule has 4 heteroatoms. The predicted octanol–water partition coefficient (Wildman–Crippen LogP) is 4.09. The van der Waals surface area contributed by atoms with Gasteiger partial charge in [0.05, 0.1) is 4.34 Å². The van der Waals surface area contributed by atoms with Crippen LogP contribution in [0.5, 0.6) is 0 Å². The lowest BCUT2D eigenvalue weighted by Crippen LogP contribution is -2.52. The molecule has 1 aliphatic heterocycles. The zero-order valence-electron chi connectivity index (χ0n) is 11.2. The molecular formula is C14H22ClNOS. The maximum absolute atomic E-state index is 10.7. The van der Waals surface area contributed by atoms with Crippen molar-refractivity contribution in [1.82, 2.24) is 4.90 Å². The lowest BCUT2D eigenvalue weighted by molar-refractivity contribution is -0.0335. The van der Waals surface area contributed by atoms with E-state index in [2.05, 4.69) is 18.7 Å². The Morgan fingerprint density at radius 1 is 1.39 bits per heavy atom. The van der Waals surface area contributed by atoms with Gasteiger partial charge in [-0.25, -0.2) is 0 Å². The van der Waals surface area contributed by atoms with Crippen LogP contribution in [0, 0.1) is 0 Å². The highest BCUT2D eigenvalue weighted by Crippen LogP contribution is 2.39. The highest BCUT2D eigenvalue weighted by Gasteiger charge is 2.39.